The lowest BCUT2D eigenvalue weighted by atomic mass is 9.59. The summed E-state index contributed by atoms with van der Waals surface area (Å²) < 4.78 is 12.9. The van der Waals surface area contributed by atoms with Crippen LogP contribution in [0, 0.1) is 11.8 Å². The largest absolute Gasteiger partial charge is 0.494 e. The third kappa shape index (κ3) is 7.74. The Balaban J connectivity index is 0.971. The van der Waals surface area contributed by atoms with Gasteiger partial charge in [-0.15, -0.1) is 0 Å². The topological polar surface area (TPSA) is 101 Å². The molecule has 2 N–H and O–H groups in total. The average Bonchev–Trinajstić information content (AvgIpc) is 3.76. The van der Waals surface area contributed by atoms with Crippen LogP contribution in [0.15, 0.2) is 79.0 Å². The number of halogens is 1. The number of aliphatic carboxylic acids is 1. The number of nitrogens with one attached hydrogen (secondary N) is 1. The zero-order valence-corrected chi connectivity index (χ0v) is 33.5. The van der Waals surface area contributed by atoms with Crippen LogP contribution in [0.2, 0.25) is 5.02 Å². The molecule has 4 aromatic rings. The Morgan fingerprint density at radius 3 is 2.52 bits per heavy atom. The minimum Gasteiger partial charge on any atom is -0.494 e. The van der Waals surface area contributed by atoms with Gasteiger partial charge in [0.1, 0.15) is 17.0 Å². The first-order valence-electron chi connectivity index (χ1n) is 20.6. The van der Waals surface area contributed by atoms with Gasteiger partial charge in [0.25, 0.3) is 0 Å². The number of ether oxygens (including phenoxy) is 2. The van der Waals surface area contributed by atoms with Crippen LogP contribution in [0.25, 0.3) is 0 Å². The van der Waals surface area contributed by atoms with Crippen LogP contribution in [0.5, 0.6) is 11.5 Å². The molecule has 3 atom stereocenters. The molecule has 8 nitrogen and oxygen atoms in total. The molecule has 0 bridgehead atoms. The number of nitrogens with zero attached hydrogens (tertiary/aromatic N) is 2. The number of anilines is 1. The molecule has 3 aliphatic carbocycles. The lowest BCUT2D eigenvalue weighted by molar-refractivity contribution is -0.144. The molecule has 1 amide bonds. The second-order valence-corrected chi connectivity index (χ2v) is 17.4. The Bertz CT molecular complexity index is 2050. The first-order valence-corrected chi connectivity index (χ1v) is 21.0. The average molecular weight is 776 g/mol. The molecule has 3 aromatic carbocycles. The molecule has 1 spiro atoms. The van der Waals surface area contributed by atoms with Crippen LogP contribution in [-0.4, -0.2) is 45.6 Å². The standard InChI is InChI=1S/C47H54ClN3O5/c1-31(30-56-42-17-22-49-41-13-5-8-32(2)44(41)42)24-36-25-33-15-16-39(55-23-7-14-43(52)51-28-34-9-3-4-10-35(34)29-51)27-40(33)46(36)18-20-47(21-19-46,45(53)54)50-38-12-6-11-37(48)26-38/h3-4,6,9-12,15-17,22,26-27,31-32,36,50H,5,7-8,13-14,18-21,23-25,28-30H2,1-2H3,(H,53,54)/t31-,32-,36?,46?,47?/m1/s1. The van der Waals surface area contributed by atoms with Crippen LogP contribution >= 0.6 is 11.6 Å². The monoisotopic (exact) mass is 775 g/mol. The fourth-order valence-corrected chi connectivity index (χ4v) is 10.4. The number of rotatable bonds is 13. The summed E-state index contributed by atoms with van der Waals surface area (Å²) in [5.74, 6) is 2.18. The summed E-state index contributed by atoms with van der Waals surface area (Å²) in [6, 6.07) is 24.1. The van der Waals surface area contributed by atoms with Crippen molar-refractivity contribution in [2.24, 2.45) is 11.8 Å². The Kier molecular flexibility index (Phi) is 11.0. The number of carbonyl (C=O) groups excluding carboxylic acids is 1. The molecule has 294 valence electrons. The lowest BCUT2D eigenvalue weighted by Crippen LogP contribution is -2.53. The van der Waals surface area contributed by atoms with Crippen molar-refractivity contribution in [1.82, 2.24) is 9.88 Å². The third-order valence-corrected chi connectivity index (χ3v) is 13.5. The molecule has 1 unspecified atom stereocenters. The number of aromatic nitrogens is 1. The van der Waals surface area contributed by atoms with E-state index >= 15 is 0 Å². The van der Waals surface area contributed by atoms with E-state index in [2.05, 4.69) is 54.5 Å². The van der Waals surface area contributed by atoms with Crippen LogP contribution in [0.4, 0.5) is 5.69 Å². The van der Waals surface area contributed by atoms with E-state index in [4.69, 9.17) is 21.1 Å². The van der Waals surface area contributed by atoms with Gasteiger partial charge in [-0.05, 0) is 146 Å². The van der Waals surface area contributed by atoms with E-state index in [0.29, 0.717) is 74.8 Å². The van der Waals surface area contributed by atoms with Crippen molar-refractivity contribution in [2.75, 3.05) is 18.5 Å². The number of carbonyl (C=O) groups is 2. The summed E-state index contributed by atoms with van der Waals surface area (Å²) in [4.78, 5) is 32.7. The highest BCUT2D eigenvalue weighted by Gasteiger charge is 2.54. The van der Waals surface area contributed by atoms with Gasteiger partial charge in [-0.25, -0.2) is 4.79 Å². The van der Waals surface area contributed by atoms with Crippen LogP contribution in [0.3, 0.4) is 0 Å². The van der Waals surface area contributed by atoms with Crippen LogP contribution in [-0.2, 0) is 40.9 Å². The highest BCUT2D eigenvalue weighted by molar-refractivity contribution is 6.30. The van der Waals surface area contributed by atoms with E-state index in [1.54, 1.807) is 12.1 Å². The van der Waals surface area contributed by atoms with Crippen molar-refractivity contribution in [3.63, 3.8) is 0 Å². The highest BCUT2D eigenvalue weighted by atomic mass is 35.5. The molecule has 2 heterocycles. The number of pyridine rings is 1. The van der Waals surface area contributed by atoms with Crippen molar-refractivity contribution in [3.8, 4) is 11.5 Å². The fourth-order valence-electron chi connectivity index (χ4n) is 10.2. The minimum absolute atomic E-state index is 0.160. The molecule has 1 aliphatic heterocycles. The van der Waals surface area contributed by atoms with Gasteiger partial charge in [-0.2, -0.15) is 0 Å². The highest BCUT2D eigenvalue weighted by Crippen LogP contribution is 2.57. The van der Waals surface area contributed by atoms with Crippen molar-refractivity contribution < 1.29 is 24.2 Å². The number of benzene rings is 3. The van der Waals surface area contributed by atoms with Gasteiger partial charge in [-0.3, -0.25) is 9.78 Å². The van der Waals surface area contributed by atoms with Crippen LogP contribution in [0.1, 0.15) is 111 Å². The van der Waals surface area contributed by atoms with Gasteiger partial charge >= 0.3 is 5.97 Å². The number of carboxylic acid groups (broad SMARTS) is 1. The minimum atomic E-state index is -1.09. The molecule has 8 rings (SSSR count). The quantitative estimate of drug-likeness (QED) is 0.130. The van der Waals surface area contributed by atoms with E-state index in [0.717, 1.165) is 55.7 Å². The normalized spacial score (nSPS) is 24.2. The number of hydrogen-bond donors (Lipinski definition) is 2. The first kappa shape index (κ1) is 38.3. The predicted octanol–water partition coefficient (Wildman–Crippen LogP) is 9.90. The molecule has 1 saturated carbocycles. The molecule has 56 heavy (non-hydrogen) atoms. The number of fused-ring (bicyclic) bond motifs is 4. The number of aryl methyl sites for hydroxylation is 1. The maximum atomic E-state index is 13.0. The smallest absolute Gasteiger partial charge is 0.329 e. The SMILES string of the molecule is C[C@@H](COc1ccnc2c1[C@H](C)CCC2)CC1Cc2ccc(OCCCC(=O)N3Cc4ccccc4C3)cc2C12CCC(Nc1cccc(Cl)c1)(C(=O)O)CC2. The summed E-state index contributed by atoms with van der Waals surface area (Å²) in [7, 11) is 0. The van der Waals surface area contributed by atoms with Crippen molar-refractivity contribution in [1.29, 1.82) is 0 Å². The number of carboxylic acids is 1. The van der Waals surface area contributed by atoms with E-state index < -0.39 is 11.5 Å². The molecule has 0 radical (unpaired) electrons. The Hall–Kier alpha value is -4.56. The van der Waals surface area contributed by atoms with Crippen LogP contribution < -0.4 is 14.8 Å². The summed E-state index contributed by atoms with van der Waals surface area (Å²) >= 11 is 6.31. The second-order valence-electron chi connectivity index (χ2n) is 17.0. The van der Waals surface area contributed by atoms with Gasteiger partial charge in [0, 0.05) is 47.7 Å². The Labute approximate surface area is 336 Å². The zero-order valence-electron chi connectivity index (χ0n) is 32.7. The summed E-state index contributed by atoms with van der Waals surface area (Å²) in [6.45, 7) is 7.00. The zero-order chi connectivity index (χ0) is 38.9. The predicted molar refractivity (Wildman–Crippen MR) is 220 cm³/mol. The van der Waals surface area contributed by atoms with Gasteiger partial charge in [0.2, 0.25) is 5.91 Å². The Morgan fingerprint density at radius 2 is 1.77 bits per heavy atom. The molecule has 0 saturated heterocycles. The molecular weight excluding hydrogens is 722 g/mol. The van der Waals surface area contributed by atoms with Gasteiger partial charge < -0.3 is 24.8 Å². The van der Waals surface area contributed by atoms with Crippen molar-refractivity contribution in [2.45, 2.75) is 114 Å². The maximum absolute atomic E-state index is 13.0. The number of hydrogen-bond acceptors (Lipinski definition) is 6. The van der Waals surface area contributed by atoms with E-state index in [1.807, 2.05) is 41.4 Å². The van der Waals surface area contributed by atoms with E-state index in [-0.39, 0.29) is 11.3 Å². The van der Waals surface area contributed by atoms with Crippen molar-refractivity contribution >= 4 is 29.2 Å². The van der Waals surface area contributed by atoms with Gasteiger partial charge in [0.05, 0.1) is 13.2 Å². The maximum Gasteiger partial charge on any atom is 0.329 e. The molecule has 4 aliphatic rings. The number of amides is 1. The van der Waals surface area contributed by atoms with E-state index in [9.17, 15) is 14.7 Å². The first-order chi connectivity index (χ1) is 27.1. The fraction of sp³-hybridized carbons (Fsp3) is 0.468. The lowest BCUT2D eigenvalue weighted by Gasteiger charge is -2.47. The molecule has 1 aromatic heterocycles. The molecular formula is C47H54ClN3O5. The van der Waals surface area contributed by atoms with E-state index in [1.165, 1.54) is 39.9 Å². The summed E-state index contributed by atoms with van der Waals surface area (Å²) in [5, 5.41) is 14.7. The summed E-state index contributed by atoms with van der Waals surface area (Å²) in [5.41, 5.74) is 6.97. The van der Waals surface area contributed by atoms with Crippen molar-refractivity contribution in [3.05, 3.63) is 118 Å². The Morgan fingerprint density at radius 1 is 0.982 bits per heavy atom. The summed E-state index contributed by atoms with van der Waals surface area (Å²) in [6.07, 6.45) is 10.7. The molecule has 1 fully saturated rings. The second kappa shape index (κ2) is 16.1. The molecule has 9 heteroatoms. The third-order valence-electron chi connectivity index (χ3n) is 13.3. The van der Waals surface area contributed by atoms with Gasteiger partial charge in [0.15, 0.2) is 0 Å². The van der Waals surface area contributed by atoms with Gasteiger partial charge in [-0.1, -0.05) is 61.8 Å².